The van der Waals surface area contributed by atoms with Crippen LogP contribution in [0.1, 0.15) is 60.6 Å². The van der Waals surface area contributed by atoms with Gasteiger partial charge in [0.25, 0.3) is 5.91 Å². The van der Waals surface area contributed by atoms with Crippen LogP contribution in [0.5, 0.6) is 0 Å². The van der Waals surface area contributed by atoms with Crippen molar-refractivity contribution in [3.05, 3.63) is 17.5 Å². The van der Waals surface area contributed by atoms with Gasteiger partial charge in [-0.05, 0) is 38.3 Å². The Balaban J connectivity index is 1.61. The van der Waals surface area contributed by atoms with Crippen LogP contribution >= 0.6 is 0 Å². The lowest BCUT2D eigenvalue weighted by Crippen LogP contribution is -2.32. The van der Waals surface area contributed by atoms with Gasteiger partial charge in [-0.2, -0.15) is 5.10 Å². The lowest BCUT2D eigenvalue weighted by molar-refractivity contribution is 0.0933. The van der Waals surface area contributed by atoms with Crippen molar-refractivity contribution in [3.63, 3.8) is 0 Å². The molecule has 2 heterocycles. The molecule has 0 radical (unpaired) electrons. The molecule has 1 aromatic rings. The van der Waals surface area contributed by atoms with E-state index in [1.807, 2.05) is 6.07 Å². The number of carbonyl (C=O) groups is 1. The number of hydrogen-bond donors (Lipinski definition) is 3. The molecule has 1 aliphatic heterocycles. The first-order valence-corrected chi connectivity index (χ1v) is 7.40. The van der Waals surface area contributed by atoms with Crippen molar-refractivity contribution >= 4 is 5.91 Å². The zero-order chi connectivity index (χ0) is 13.1. The van der Waals surface area contributed by atoms with Crippen molar-refractivity contribution in [2.75, 3.05) is 13.1 Å². The maximum Gasteiger partial charge on any atom is 0.271 e. The average molecular weight is 262 g/mol. The molecule has 1 aliphatic carbocycles. The number of piperidine rings is 1. The number of hydrogen-bond acceptors (Lipinski definition) is 3. The quantitative estimate of drug-likeness (QED) is 0.774. The summed E-state index contributed by atoms with van der Waals surface area (Å²) in [6, 6.07) is 2.27. The van der Waals surface area contributed by atoms with E-state index >= 15 is 0 Å². The van der Waals surface area contributed by atoms with Crippen LogP contribution in [0, 0.1) is 0 Å². The summed E-state index contributed by atoms with van der Waals surface area (Å²) in [6.45, 7) is 2.07. The molecule has 3 N–H and O–H groups in total. The Morgan fingerprint density at radius 2 is 2.11 bits per heavy atom. The largest absolute Gasteiger partial charge is 0.348 e. The van der Waals surface area contributed by atoms with E-state index in [4.69, 9.17) is 0 Å². The third kappa shape index (κ3) is 2.97. The molecule has 104 valence electrons. The van der Waals surface area contributed by atoms with Gasteiger partial charge in [-0.25, -0.2) is 0 Å². The summed E-state index contributed by atoms with van der Waals surface area (Å²) in [7, 11) is 0. The van der Waals surface area contributed by atoms with Crippen molar-refractivity contribution in [2.24, 2.45) is 0 Å². The van der Waals surface area contributed by atoms with Gasteiger partial charge in [0.2, 0.25) is 0 Å². The van der Waals surface area contributed by atoms with E-state index < -0.39 is 0 Å². The lowest BCUT2D eigenvalue weighted by Gasteiger charge is -2.21. The molecule has 19 heavy (non-hydrogen) atoms. The van der Waals surface area contributed by atoms with Crippen molar-refractivity contribution in [1.29, 1.82) is 0 Å². The minimum atomic E-state index is -0.0295. The Hall–Kier alpha value is -1.36. The normalized spacial score (nSPS) is 24.5. The highest BCUT2D eigenvalue weighted by atomic mass is 16.2. The Morgan fingerprint density at radius 1 is 1.26 bits per heavy atom. The molecule has 2 aliphatic rings. The Kier molecular flexibility index (Phi) is 3.82. The number of nitrogens with zero attached hydrogens (tertiary/aromatic N) is 1. The van der Waals surface area contributed by atoms with Crippen LogP contribution in [-0.4, -0.2) is 35.2 Å². The van der Waals surface area contributed by atoms with E-state index in [1.165, 1.54) is 25.7 Å². The smallest absolute Gasteiger partial charge is 0.271 e. The Morgan fingerprint density at radius 3 is 2.84 bits per heavy atom. The van der Waals surface area contributed by atoms with Gasteiger partial charge in [-0.3, -0.25) is 9.89 Å². The van der Waals surface area contributed by atoms with E-state index in [0.29, 0.717) is 17.7 Å². The number of amides is 1. The highest BCUT2D eigenvalue weighted by Gasteiger charge is 2.22. The number of nitrogens with one attached hydrogen (secondary N) is 3. The number of aromatic amines is 1. The fraction of sp³-hybridized carbons (Fsp3) is 0.714. The zero-order valence-electron chi connectivity index (χ0n) is 11.2. The van der Waals surface area contributed by atoms with Crippen molar-refractivity contribution in [1.82, 2.24) is 20.8 Å². The van der Waals surface area contributed by atoms with Crippen molar-refractivity contribution < 1.29 is 4.79 Å². The van der Waals surface area contributed by atoms with Gasteiger partial charge < -0.3 is 10.6 Å². The third-order valence-corrected chi connectivity index (χ3v) is 4.26. The van der Waals surface area contributed by atoms with Crippen LogP contribution in [0.15, 0.2) is 6.07 Å². The van der Waals surface area contributed by atoms with Crippen molar-refractivity contribution in [2.45, 2.75) is 50.5 Å². The first kappa shape index (κ1) is 12.7. The van der Waals surface area contributed by atoms with Gasteiger partial charge in [0.05, 0.1) is 0 Å². The predicted molar refractivity (Wildman–Crippen MR) is 73.2 cm³/mol. The van der Waals surface area contributed by atoms with Gasteiger partial charge in [0.15, 0.2) is 0 Å². The monoisotopic (exact) mass is 262 g/mol. The first-order chi connectivity index (χ1) is 9.33. The summed E-state index contributed by atoms with van der Waals surface area (Å²) in [5, 5.41) is 13.7. The first-order valence-electron chi connectivity index (χ1n) is 7.40. The highest BCUT2D eigenvalue weighted by Crippen LogP contribution is 2.22. The molecule has 0 bridgehead atoms. The molecule has 0 aromatic carbocycles. The molecule has 1 amide bonds. The molecule has 1 saturated heterocycles. The van der Waals surface area contributed by atoms with Gasteiger partial charge >= 0.3 is 0 Å². The van der Waals surface area contributed by atoms with E-state index in [9.17, 15) is 4.79 Å². The Bertz CT molecular complexity index is 430. The predicted octanol–water partition coefficient (Wildman–Crippen LogP) is 1.55. The van der Waals surface area contributed by atoms with Gasteiger partial charge in [-0.1, -0.05) is 12.8 Å². The second-order valence-corrected chi connectivity index (χ2v) is 5.71. The van der Waals surface area contributed by atoms with Crippen LogP contribution < -0.4 is 10.6 Å². The molecule has 5 nitrogen and oxygen atoms in total. The summed E-state index contributed by atoms with van der Waals surface area (Å²) in [4.78, 5) is 12.1. The maximum atomic E-state index is 12.1. The number of carbonyl (C=O) groups excluding carboxylic acids is 1. The van der Waals surface area contributed by atoms with E-state index in [-0.39, 0.29) is 5.91 Å². The highest BCUT2D eigenvalue weighted by molar-refractivity contribution is 5.92. The van der Waals surface area contributed by atoms with E-state index in [2.05, 4.69) is 20.8 Å². The number of aromatic nitrogens is 2. The summed E-state index contributed by atoms with van der Waals surface area (Å²) in [5.41, 5.74) is 1.62. The summed E-state index contributed by atoms with van der Waals surface area (Å²) < 4.78 is 0. The second-order valence-electron chi connectivity index (χ2n) is 5.71. The summed E-state index contributed by atoms with van der Waals surface area (Å²) in [6.07, 6.45) is 7.02. The third-order valence-electron chi connectivity index (χ3n) is 4.26. The molecule has 0 spiro atoms. The lowest BCUT2D eigenvalue weighted by atomic mass is 9.96. The van der Waals surface area contributed by atoms with Crippen LogP contribution in [0.3, 0.4) is 0 Å². The van der Waals surface area contributed by atoms with E-state index in [1.54, 1.807) is 0 Å². The molecule has 2 fully saturated rings. The van der Waals surface area contributed by atoms with Crippen LogP contribution in [0.25, 0.3) is 0 Å². The minimum absolute atomic E-state index is 0.0295. The standard InChI is InChI=1S/C14H22N4O/c19-14(16-11-5-1-2-6-11)13-8-12(17-18-13)10-4-3-7-15-9-10/h8,10-11,15H,1-7,9H2,(H,16,19)(H,17,18)/t10-/m0/s1. The van der Waals surface area contributed by atoms with Gasteiger partial charge in [-0.15, -0.1) is 0 Å². The van der Waals surface area contributed by atoms with Crippen LogP contribution in [-0.2, 0) is 0 Å². The molecule has 1 saturated carbocycles. The molecule has 5 heteroatoms. The topological polar surface area (TPSA) is 69.8 Å². The Labute approximate surface area is 113 Å². The number of H-pyrrole nitrogens is 1. The summed E-state index contributed by atoms with van der Waals surface area (Å²) >= 11 is 0. The molecule has 0 unspecified atom stereocenters. The molecule has 1 aromatic heterocycles. The van der Waals surface area contributed by atoms with Gasteiger partial charge in [0.1, 0.15) is 5.69 Å². The zero-order valence-corrected chi connectivity index (χ0v) is 11.2. The van der Waals surface area contributed by atoms with Gasteiger partial charge in [0, 0.05) is 24.2 Å². The number of rotatable bonds is 3. The molecular weight excluding hydrogens is 240 g/mol. The van der Waals surface area contributed by atoms with Crippen LogP contribution in [0.2, 0.25) is 0 Å². The molecular formula is C14H22N4O. The fourth-order valence-corrected chi connectivity index (χ4v) is 3.11. The summed E-state index contributed by atoms with van der Waals surface area (Å²) in [5.74, 6) is 0.437. The molecule has 1 atom stereocenters. The van der Waals surface area contributed by atoms with E-state index in [0.717, 1.165) is 31.6 Å². The van der Waals surface area contributed by atoms with Crippen LogP contribution in [0.4, 0.5) is 0 Å². The SMILES string of the molecule is O=C(NC1CCCC1)c1cc([C@H]2CCCNC2)[nH]n1. The average Bonchev–Trinajstić information content (AvgIpc) is 3.10. The second kappa shape index (κ2) is 5.74. The van der Waals surface area contributed by atoms with Crippen molar-refractivity contribution in [3.8, 4) is 0 Å². The fourth-order valence-electron chi connectivity index (χ4n) is 3.11. The molecule has 3 rings (SSSR count). The maximum absolute atomic E-state index is 12.1. The minimum Gasteiger partial charge on any atom is -0.348 e.